The third kappa shape index (κ3) is 8.55. The molecule has 1 saturated heterocycles. The van der Waals surface area contributed by atoms with Gasteiger partial charge in [-0.05, 0) is 86.6 Å². The van der Waals surface area contributed by atoms with E-state index < -0.39 is 15.9 Å². The number of hydrogen-bond acceptors (Lipinski definition) is 5. The highest BCUT2D eigenvalue weighted by Gasteiger charge is 2.47. The number of carbonyl (C=O) groups is 2. The van der Waals surface area contributed by atoms with Gasteiger partial charge in [-0.3, -0.25) is 4.79 Å². The fourth-order valence-electron chi connectivity index (χ4n) is 4.62. The van der Waals surface area contributed by atoms with Crippen LogP contribution in [0.2, 0.25) is 5.02 Å². The first-order chi connectivity index (χ1) is 19.3. The van der Waals surface area contributed by atoms with Gasteiger partial charge >= 0.3 is 6.09 Å². The molecule has 1 saturated carbocycles. The summed E-state index contributed by atoms with van der Waals surface area (Å²) in [4.78, 5) is 24.8. The standard InChI is InChI=1S/C21H19ClN2O3S.C10H17NO2/c22-19-10-12-20(13-11-19)28(26,27)24(14-16-4-2-1-3-5-16)15-17-6-8-18(9-7-17)21(23)25;1-10(2,3)13-9(12)11-5-7-4-8(7)6-11/h1-13H,14-15H2,(H2,23,25);7-8H,4-6H2,1-3H3/t;7-,8+. The summed E-state index contributed by atoms with van der Waals surface area (Å²) in [7, 11) is -3.76. The number of hydrogen-bond donors (Lipinski definition) is 1. The number of rotatable bonds is 7. The first-order valence-electron chi connectivity index (χ1n) is 13.5. The Kier molecular flexibility index (Phi) is 9.41. The van der Waals surface area contributed by atoms with E-state index in [0.717, 1.165) is 36.1 Å². The second-order valence-corrected chi connectivity index (χ2v) is 13.8. The van der Waals surface area contributed by atoms with E-state index in [2.05, 4.69) is 0 Å². The maximum atomic E-state index is 13.2. The van der Waals surface area contributed by atoms with Crippen molar-refractivity contribution < 1.29 is 22.7 Å². The van der Waals surface area contributed by atoms with E-state index in [0.29, 0.717) is 10.6 Å². The monoisotopic (exact) mass is 597 g/mol. The maximum absolute atomic E-state index is 13.2. The van der Waals surface area contributed by atoms with Crippen LogP contribution in [0, 0.1) is 11.8 Å². The molecule has 3 aromatic carbocycles. The van der Waals surface area contributed by atoms with Crippen molar-refractivity contribution in [1.29, 1.82) is 0 Å². The molecule has 8 nitrogen and oxygen atoms in total. The van der Waals surface area contributed by atoms with Gasteiger partial charge in [0.05, 0.1) is 4.90 Å². The molecule has 1 aliphatic heterocycles. The number of halogens is 1. The van der Waals surface area contributed by atoms with Gasteiger partial charge in [0.1, 0.15) is 5.60 Å². The molecule has 41 heavy (non-hydrogen) atoms. The van der Waals surface area contributed by atoms with Crippen molar-refractivity contribution in [2.45, 2.75) is 50.8 Å². The number of amides is 2. The zero-order valence-corrected chi connectivity index (χ0v) is 25.1. The van der Waals surface area contributed by atoms with E-state index in [9.17, 15) is 18.0 Å². The van der Waals surface area contributed by atoms with Crippen molar-refractivity contribution >= 4 is 33.6 Å². The molecule has 1 aliphatic carbocycles. The molecule has 0 bridgehead atoms. The molecule has 2 aliphatic rings. The minimum atomic E-state index is -3.76. The lowest BCUT2D eigenvalue weighted by Gasteiger charge is -2.25. The van der Waals surface area contributed by atoms with Crippen LogP contribution in [0.4, 0.5) is 4.79 Å². The lowest BCUT2D eigenvalue weighted by atomic mass is 10.1. The molecule has 218 valence electrons. The highest BCUT2D eigenvalue weighted by Crippen LogP contribution is 2.45. The molecular weight excluding hydrogens is 562 g/mol. The number of sulfonamides is 1. The Morgan fingerprint density at radius 3 is 1.95 bits per heavy atom. The number of primary amides is 1. The number of carbonyl (C=O) groups excluding carboxylic acids is 2. The van der Waals surface area contributed by atoms with Gasteiger partial charge in [0.15, 0.2) is 0 Å². The van der Waals surface area contributed by atoms with E-state index in [1.54, 1.807) is 36.4 Å². The Balaban J connectivity index is 0.000000247. The number of nitrogens with zero attached hydrogens (tertiary/aromatic N) is 2. The molecule has 2 atom stereocenters. The van der Waals surface area contributed by atoms with Gasteiger partial charge in [0, 0.05) is 36.8 Å². The van der Waals surface area contributed by atoms with Crippen LogP contribution in [0.25, 0.3) is 0 Å². The molecule has 2 N–H and O–H groups in total. The summed E-state index contributed by atoms with van der Waals surface area (Å²) in [5.74, 6) is 1.04. The second kappa shape index (κ2) is 12.6. The molecule has 5 rings (SSSR count). The summed E-state index contributed by atoms with van der Waals surface area (Å²) >= 11 is 5.90. The van der Waals surface area contributed by atoms with E-state index in [1.807, 2.05) is 56.0 Å². The number of benzene rings is 3. The molecule has 2 fully saturated rings. The summed E-state index contributed by atoms with van der Waals surface area (Å²) in [5.41, 5.74) is 6.90. The largest absolute Gasteiger partial charge is 0.444 e. The average Bonchev–Trinajstić information content (AvgIpc) is 3.53. The Hall–Kier alpha value is -3.40. The van der Waals surface area contributed by atoms with Crippen LogP contribution in [0.5, 0.6) is 0 Å². The van der Waals surface area contributed by atoms with E-state index in [-0.39, 0.29) is 29.7 Å². The molecular formula is C31H36ClN3O5S. The van der Waals surface area contributed by atoms with Crippen molar-refractivity contribution in [3.63, 3.8) is 0 Å². The van der Waals surface area contributed by atoms with Crippen molar-refractivity contribution in [3.8, 4) is 0 Å². The van der Waals surface area contributed by atoms with Crippen molar-refractivity contribution in [3.05, 3.63) is 101 Å². The van der Waals surface area contributed by atoms with Gasteiger partial charge in [-0.2, -0.15) is 4.31 Å². The molecule has 0 unspecified atom stereocenters. The normalized spacial score (nSPS) is 17.8. The first kappa shape index (κ1) is 30.6. The van der Waals surface area contributed by atoms with Gasteiger partial charge in [0.25, 0.3) is 0 Å². The molecule has 0 radical (unpaired) electrons. The number of ether oxygens (including phenoxy) is 1. The number of piperidine rings is 1. The van der Waals surface area contributed by atoms with E-state index >= 15 is 0 Å². The summed E-state index contributed by atoms with van der Waals surface area (Å²) in [6.45, 7) is 7.91. The Morgan fingerprint density at radius 2 is 1.44 bits per heavy atom. The van der Waals surface area contributed by atoms with Gasteiger partial charge < -0.3 is 15.4 Å². The fraction of sp³-hybridized carbons (Fsp3) is 0.355. The third-order valence-electron chi connectivity index (χ3n) is 6.88. The van der Waals surface area contributed by atoms with Crippen LogP contribution in [-0.4, -0.2) is 48.3 Å². The number of likely N-dealkylation sites (tertiary alicyclic amines) is 1. The Labute approximate surface area is 247 Å². The van der Waals surface area contributed by atoms with Crippen molar-refractivity contribution in [2.75, 3.05) is 13.1 Å². The SMILES string of the molecule is CC(C)(C)OC(=O)N1C[C@H]2C[C@H]2C1.NC(=O)c1ccc(CN(Cc2ccccc2)S(=O)(=O)c2ccc(Cl)cc2)cc1. The molecule has 1 heterocycles. The van der Waals surface area contributed by atoms with Gasteiger partial charge in [0.2, 0.25) is 15.9 Å². The van der Waals surface area contributed by atoms with Crippen LogP contribution < -0.4 is 5.73 Å². The van der Waals surface area contributed by atoms with Gasteiger partial charge in [-0.1, -0.05) is 54.1 Å². The highest BCUT2D eigenvalue weighted by atomic mass is 35.5. The molecule has 0 aromatic heterocycles. The summed E-state index contributed by atoms with van der Waals surface area (Å²) in [6, 6.07) is 22.0. The highest BCUT2D eigenvalue weighted by molar-refractivity contribution is 7.89. The Morgan fingerprint density at radius 1 is 0.902 bits per heavy atom. The summed E-state index contributed by atoms with van der Waals surface area (Å²) < 4.78 is 33.1. The van der Waals surface area contributed by atoms with Crippen molar-refractivity contribution in [1.82, 2.24) is 9.21 Å². The van der Waals surface area contributed by atoms with Crippen LogP contribution in [0.15, 0.2) is 83.8 Å². The van der Waals surface area contributed by atoms with E-state index in [4.69, 9.17) is 22.1 Å². The summed E-state index contributed by atoms with van der Waals surface area (Å²) in [5, 5.41) is 0.468. The van der Waals surface area contributed by atoms with Gasteiger partial charge in [-0.15, -0.1) is 0 Å². The number of nitrogens with two attached hydrogens (primary N) is 1. The predicted octanol–water partition coefficient (Wildman–Crippen LogP) is 5.70. The van der Waals surface area contributed by atoms with E-state index in [1.165, 1.54) is 22.9 Å². The molecule has 0 spiro atoms. The minimum Gasteiger partial charge on any atom is -0.444 e. The lowest BCUT2D eigenvalue weighted by molar-refractivity contribution is 0.0274. The Bertz CT molecular complexity index is 1450. The zero-order valence-electron chi connectivity index (χ0n) is 23.5. The fourth-order valence-corrected chi connectivity index (χ4v) is 6.16. The van der Waals surface area contributed by atoms with Crippen LogP contribution >= 0.6 is 11.6 Å². The van der Waals surface area contributed by atoms with Crippen molar-refractivity contribution in [2.24, 2.45) is 17.6 Å². The third-order valence-corrected chi connectivity index (χ3v) is 8.94. The van der Waals surface area contributed by atoms with Crippen LogP contribution in [0.3, 0.4) is 0 Å². The molecule has 2 amide bonds. The van der Waals surface area contributed by atoms with Gasteiger partial charge in [-0.25, -0.2) is 13.2 Å². The second-order valence-electron chi connectivity index (χ2n) is 11.4. The predicted molar refractivity (Wildman–Crippen MR) is 159 cm³/mol. The topological polar surface area (TPSA) is 110 Å². The number of fused-ring (bicyclic) bond motifs is 1. The molecule has 10 heteroatoms. The van der Waals surface area contributed by atoms with Crippen LogP contribution in [-0.2, 0) is 27.8 Å². The minimum absolute atomic E-state index is 0.139. The maximum Gasteiger partial charge on any atom is 0.410 e. The van der Waals surface area contributed by atoms with Crippen LogP contribution in [0.1, 0.15) is 48.7 Å². The summed E-state index contributed by atoms with van der Waals surface area (Å²) in [6.07, 6.45) is 1.18. The quantitative estimate of drug-likeness (QED) is 0.375. The zero-order chi connectivity index (χ0) is 29.8. The lowest BCUT2D eigenvalue weighted by Crippen LogP contribution is -2.36. The smallest absolute Gasteiger partial charge is 0.410 e. The molecule has 3 aromatic rings. The first-order valence-corrected chi connectivity index (χ1v) is 15.3. The average molecular weight is 598 g/mol.